The number of carbonyl (C=O) groups is 2. The number of carbonyl (C=O) groups excluding carboxylic acids is 2. The van der Waals surface area contributed by atoms with Crippen LogP contribution in [0.15, 0.2) is 17.5 Å². The fourth-order valence-electron chi connectivity index (χ4n) is 3.09. The second-order valence-corrected chi connectivity index (χ2v) is 6.51. The van der Waals surface area contributed by atoms with E-state index in [0.29, 0.717) is 6.54 Å². The normalized spacial score (nSPS) is 23.1. The molecule has 2 fully saturated rings. The van der Waals surface area contributed by atoms with E-state index in [1.165, 1.54) is 11.3 Å². The second kappa shape index (κ2) is 6.58. The number of hydrogen-bond acceptors (Lipinski definition) is 4. The van der Waals surface area contributed by atoms with Crippen molar-refractivity contribution in [2.75, 3.05) is 32.7 Å². The van der Waals surface area contributed by atoms with Crippen LogP contribution in [0.2, 0.25) is 0 Å². The molecule has 1 unspecified atom stereocenters. The Morgan fingerprint density at radius 1 is 1.19 bits per heavy atom. The molecule has 0 spiro atoms. The van der Waals surface area contributed by atoms with E-state index in [1.54, 1.807) is 4.90 Å². The van der Waals surface area contributed by atoms with Crippen LogP contribution in [0.5, 0.6) is 0 Å². The number of amides is 2. The molecule has 114 valence electrons. The summed E-state index contributed by atoms with van der Waals surface area (Å²) in [5, 5.41) is 5.21. The van der Waals surface area contributed by atoms with E-state index < -0.39 is 0 Å². The minimum Gasteiger partial charge on any atom is -0.340 e. The third-order valence-electron chi connectivity index (χ3n) is 4.18. The van der Waals surface area contributed by atoms with Gasteiger partial charge in [-0.2, -0.15) is 0 Å². The van der Waals surface area contributed by atoms with E-state index in [1.807, 2.05) is 22.4 Å². The maximum atomic E-state index is 12.7. The van der Waals surface area contributed by atoms with Crippen LogP contribution in [-0.4, -0.2) is 60.4 Å². The van der Waals surface area contributed by atoms with Crippen molar-refractivity contribution in [2.45, 2.75) is 25.3 Å². The van der Waals surface area contributed by atoms with Gasteiger partial charge < -0.3 is 15.1 Å². The van der Waals surface area contributed by atoms with Crippen LogP contribution in [0.1, 0.15) is 28.9 Å². The first kappa shape index (κ1) is 14.5. The predicted octanol–water partition coefficient (Wildman–Crippen LogP) is 1.17. The highest BCUT2D eigenvalue weighted by Gasteiger charge is 2.37. The molecule has 2 saturated heterocycles. The third kappa shape index (κ3) is 3.11. The lowest BCUT2D eigenvalue weighted by atomic mass is 10.2. The minimum absolute atomic E-state index is 0.00815. The molecule has 0 radical (unpaired) electrons. The van der Waals surface area contributed by atoms with E-state index in [9.17, 15) is 9.59 Å². The van der Waals surface area contributed by atoms with Crippen LogP contribution in [0.4, 0.5) is 0 Å². The largest absolute Gasteiger partial charge is 0.340 e. The minimum atomic E-state index is -0.266. The summed E-state index contributed by atoms with van der Waals surface area (Å²) in [5.74, 6) is 0.134. The predicted molar refractivity (Wildman–Crippen MR) is 82.4 cm³/mol. The van der Waals surface area contributed by atoms with Crippen LogP contribution in [0.25, 0.3) is 0 Å². The van der Waals surface area contributed by atoms with Crippen molar-refractivity contribution >= 4 is 23.2 Å². The fraction of sp³-hybridized carbons (Fsp3) is 0.600. The Balaban J connectivity index is 1.71. The quantitative estimate of drug-likeness (QED) is 0.892. The monoisotopic (exact) mass is 307 g/mol. The molecule has 1 N–H and O–H groups in total. The number of nitrogens with zero attached hydrogens (tertiary/aromatic N) is 2. The highest BCUT2D eigenvalue weighted by atomic mass is 32.1. The lowest BCUT2D eigenvalue weighted by Gasteiger charge is -2.29. The van der Waals surface area contributed by atoms with E-state index in [0.717, 1.165) is 50.3 Å². The smallest absolute Gasteiger partial charge is 0.264 e. The SMILES string of the molecule is O=C(C1CCCN1C(=O)c1cccs1)N1CCCNCC1. The Kier molecular flexibility index (Phi) is 4.55. The number of rotatable bonds is 2. The maximum absolute atomic E-state index is 12.7. The van der Waals surface area contributed by atoms with Gasteiger partial charge in [0.05, 0.1) is 4.88 Å². The molecule has 1 aromatic heterocycles. The van der Waals surface area contributed by atoms with Crippen LogP contribution in [-0.2, 0) is 4.79 Å². The van der Waals surface area contributed by atoms with Gasteiger partial charge in [-0.05, 0) is 37.3 Å². The number of thiophene rings is 1. The summed E-state index contributed by atoms with van der Waals surface area (Å²) in [6, 6.07) is 3.45. The van der Waals surface area contributed by atoms with Crippen LogP contribution in [0.3, 0.4) is 0 Å². The van der Waals surface area contributed by atoms with Crippen molar-refractivity contribution < 1.29 is 9.59 Å². The standard InChI is InChI=1S/C15H21N3O2S/c19-14(17-8-3-6-16-7-10-17)12-4-1-9-18(12)15(20)13-5-2-11-21-13/h2,5,11-12,16H,1,3-4,6-10H2. The van der Waals surface area contributed by atoms with Crippen molar-refractivity contribution in [3.8, 4) is 0 Å². The average molecular weight is 307 g/mol. The van der Waals surface area contributed by atoms with Crippen LogP contribution < -0.4 is 5.32 Å². The van der Waals surface area contributed by atoms with Crippen molar-refractivity contribution in [3.63, 3.8) is 0 Å². The van der Waals surface area contributed by atoms with Gasteiger partial charge in [0.15, 0.2) is 0 Å². The summed E-state index contributed by atoms with van der Waals surface area (Å²) in [6.07, 6.45) is 2.69. The molecule has 6 heteroatoms. The topological polar surface area (TPSA) is 52.7 Å². The lowest BCUT2D eigenvalue weighted by molar-refractivity contribution is -0.135. The summed E-state index contributed by atoms with van der Waals surface area (Å²) < 4.78 is 0. The molecule has 1 aromatic rings. The first-order valence-electron chi connectivity index (χ1n) is 7.61. The molecule has 3 heterocycles. The first-order valence-corrected chi connectivity index (χ1v) is 8.49. The zero-order chi connectivity index (χ0) is 14.7. The number of hydrogen-bond donors (Lipinski definition) is 1. The molecular weight excluding hydrogens is 286 g/mol. The fourth-order valence-corrected chi connectivity index (χ4v) is 3.76. The van der Waals surface area contributed by atoms with Crippen molar-refractivity contribution in [1.29, 1.82) is 0 Å². The number of likely N-dealkylation sites (tertiary alicyclic amines) is 1. The van der Waals surface area contributed by atoms with E-state index in [-0.39, 0.29) is 17.9 Å². The Morgan fingerprint density at radius 2 is 2.10 bits per heavy atom. The maximum Gasteiger partial charge on any atom is 0.264 e. The number of nitrogens with one attached hydrogen (secondary N) is 1. The van der Waals surface area contributed by atoms with Gasteiger partial charge in [0.25, 0.3) is 5.91 Å². The van der Waals surface area contributed by atoms with Crippen molar-refractivity contribution in [1.82, 2.24) is 15.1 Å². The Hall–Kier alpha value is -1.40. The van der Waals surface area contributed by atoms with Gasteiger partial charge in [-0.15, -0.1) is 11.3 Å². The summed E-state index contributed by atoms with van der Waals surface area (Å²) >= 11 is 1.44. The summed E-state index contributed by atoms with van der Waals surface area (Å²) in [6.45, 7) is 4.04. The van der Waals surface area contributed by atoms with E-state index in [2.05, 4.69) is 5.32 Å². The zero-order valence-electron chi connectivity index (χ0n) is 12.1. The summed E-state index contributed by atoms with van der Waals surface area (Å²) in [4.78, 5) is 29.7. The van der Waals surface area contributed by atoms with Gasteiger partial charge in [0, 0.05) is 26.2 Å². The van der Waals surface area contributed by atoms with Gasteiger partial charge >= 0.3 is 0 Å². The van der Waals surface area contributed by atoms with Gasteiger partial charge in [-0.3, -0.25) is 9.59 Å². The molecular formula is C15H21N3O2S. The first-order chi connectivity index (χ1) is 10.3. The average Bonchev–Trinajstić information content (AvgIpc) is 3.12. The van der Waals surface area contributed by atoms with E-state index >= 15 is 0 Å². The van der Waals surface area contributed by atoms with Gasteiger partial charge in [0.2, 0.25) is 5.91 Å². The molecule has 5 nitrogen and oxygen atoms in total. The van der Waals surface area contributed by atoms with E-state index in [4.69, 9.17) is 0 Å². The molecule has 0 aromatic carbocycles. The zero-order valence-corrected chi connectivity index (χ0v) is 12.9. The van der Waals surface area contributed by atoms with Crippen LogP contribution in [0, 0.1) is 0 Å². The highest BCUT2D eigenvalue weighted by molar-refractivity contribution is 7.12. The summed E-state index contributed by atoms with van der Waals surface area (Å²) in [7, 11) is 0. The second-order valence-electron chi connectivity index (χ2n) is 5.56. The highest BCUT2D eigenvalue weighted by Crippen LogP contribution is 2.23. The molecule has 2 amide bonds. The summed E-state index contributed by atoms with van der Waals surface area (Å²) in [5.41, 5.74) is 0. The molecule has 0 saturated carbocycles. The third-order valence-corrected chi connectivity index (χ3v) is 5.04. The van der Waals surface area contributed by atoms with Crippen molar-refractivity contribution in [3.05, 3.63) is 22.4 Å². The molecule has 21 heavy (non-hydrogen) atoms. The van der Waals surface area contributed by atoms with Crippen molar-refractivity contribution in [2.24, 2.45) is 0 Å². The van der Waals surface area contributed by atoms with Crippen LogP contribution >= 0.6 is 11.3 Å². The van der Waals surface area contributed by atoms with Gasteiger partial charge in [-0.1, -0.05) is 6.07 Å². The molecule has 3 rings (SSSR count). The molecule has 0 bridgehead atoms. The molecule has 2 aliphatic heterocycles. The molecule has 1 atom stereocenters. The Morgan fingerprint density at radius 3 is 2.90 bits per heavy atom. The van der Waals surface area contributed by atoms with Gasteiger partial charge in [-0.25, -0.2) is 0 Å². The molecule has 2 aliphatic rings. The lowest BCUT2D eigenvalue weighted by Crippen LogP contribution is -2.48. The Bertz CT molecular complexity index is 495. The molecule has 0 aliphatic carbocycles. The van der Waals surface area contributed by atoms with Gasteiger partial charge in [0.1, 0.15) is 6.04 Å². The Labute approximate surface area is 128 Å².